The second-order valence-corrected chi connectivity index (χ2v) is 6.06. The molecule has 0 aliphatic heterocycles. The van der Waals surface area contributed by atoms with Gasteiger partial charge in [-0.05, 0) is 49.1 Å². The Bertz CT molecular complexity index is 759. The number of aryl methyl sites for hydroxylation is 1. The summed E-state index contributed by atoms with van der Waals surface area (Å²) in [6.07, 6.45) is 8.24. The van der Waals surface area contributed by atoms with Gasteiger partial charge in [-0.3, -0.25) is 0 Å². The molecule has 0 saturated carbocycles. The number of unbranched alkanes of at least 4 members (excludes halogenated alkanes) is 2. The number of allylic oxidation sites excluding steroid dienone is 1. The van der Waals surface area contributed by atoms with Crippen LogP contribution in [-0.2, 0) is 11.3 Å². The van der Waals surface area contributed by atoms with E-state index in [1.54, 1.807) is 18.3 Å². The van der Waals surface area contributed by atoms with Crippen LogP contribution in [0, 0.1) is 0 Å². The van der Waals surface area contributed by atoms with E-state index in [-0.39, 0.29) is 5.56 Å². The van der Waals surface area contributed by atoms with E-state index in [1.165, 1.54) is 37.0 Å². The van der Waals surface area contributed by atoms with Gasteiger partial charge in [0.1, 0.15) is 0 Å². The Hall–Kier alpha value is -2.88. The van der Waals surface area contributed by atoms with E-state index in [9.17, 15) is 4.79 Å². The number of aromatic carboxylic acids is 1. The van der Waals surface area contributed by atoms with Crippen molar-refractivity contribution < 1.29 is 14.7 Å². The molecule has 0 fully saturated rings. The number of carbonyl (C=O) groups is 1. The van der Waals surface area contributed by atoms with Gasteiger partial charge in [-0.15, -0.1) is 0 Å². The Balaban J connectivity index is 1.95. The maximum atomic E-state index is 10.8. The highest BCUT2D eigenvalue weighted by Crippen LogP contribution is 2.18. The van der Waals surface area contributed by atoms with Crippen LogP contribution in [0.15, 0.2) is 59.8 Å². The van der Waals surface area contributed by atoms with E-state index in [0.29, 0.717) is 5.76 Å². The van der Waals surface area contributed by atoms with Gasteiger partial charge in [-0.1, -0.05) is 61.3 Å². The zero-order chi connectivity index (χ0) is 18.8. The molecule has 0 aliphatic carbocycles. The first-order valence-electron chi connectivity index (χ1n) is 8.93. The summed E-state index contributed by atoms with van der Waals surface area (Å²) in [4.78, 5) is 16.4. The summed E-state index contributed by atoms with van der Waals surface area (Å²) >= 11 is 0. The third-order valence-electron chi connectivity index (χ3n) is 4.08. The van der Waals surface area contributed by atoms with Gasteiger partial charge in [0.2, 0.25) is 0 Å². The summed E-state index contributed by atoms with van der Waals surface area (Å²) in [5.74, 6) is -0.261. The number of rotatable bonds is 9. The maximum Gasteiger partial charge on any atom is 0.335 e. The minimum absolute atomic E-state index is 0.247. The molecule has 1 N–H and O–H groups in total. The molecule has 0 unspecified atom stereocenters. The average molecular weight is 351 g/mol. The van der Waals surface area contributed by atoms with Crippen molar-refractivity contribution >= 4 is 17.9 Å². The van der Waals surface area contributed by atoms with E-state index < -0.39 is 5.97 Å². The molecule has 0 aliphatic rings. The molecule has 0 spiro atoms. The molecule has 0 saturated heterocycles. The molecule has 2 aromatic carbocycles. The first-order chi connectivity index (χ1) is 12.6. The number of hydrogen-bond donors (Lipinski definition) is 1. The number of carboxylic acids is 1. The van der Waals surface area contributed by atoms with Crippen LogP contribution in [0.2, 0.25) is 0 Å². The number of oxime groups is 1. The van der Waals surface area contributed by atoms with E-state index in [2.05, 4.69) is 24.2 Å². The second kappa shape index (κ2) is 10.2. The number of nitrogens with zero attached hydrogens (tertiary/aromatic N) is 1. The fourth-order valence-electron chi connectivity index (χ4n) is 2.54. The molecule has 26 heavy (non-hydrogen) atoms. The van der Waals surface area contributed by atoms with Gasteiger partial charge < -0.3 is 9.94 Å². The van der Waals surface area contributed by atoms with Gasteiger partial charge in [0.25, 0.3) is 0 Å². The van der Waals surface area contributed by atoms with E-state index in [4.69, 9.17) is 9.94 Å². The zero-order valence-electron chi connectivity index (χ0n) is 15.3. The second-order valence-electron chi connectivity index (χ2n) is 6.06. The third kappa shape index (κ3) is 5.88. The van der Waals surface area contributed by atoms with Crippen LogP contribution >= 0.6 is 0 Å². The number of carboxylic acid groups (broad SMARTS) is 1. The minimum atomic E-state index is -0.945. The van der Waals surface area contributed by atoms with Crippen molar-refractivity contribution in [3.8, 4) is 0 Å². The van der Waals surface area contributed by atoms with Gasteiger partial charge in [-0.2, -0.15) is 0 Å². The summed E-state index contributed by atoms with van der Waals surface area (Å²) < 4.78 is 0. The van der Waals surface area contributed by atoms with Crippen LogP contribution < -0.4 is 0 Å². The van der Waals surface area contributed by atoms with E-state index in [0.717, 1.165) is 17.5 Å². The largest absolute Gasteiger partial charge is 0.478 e. The lowest BCUT2D eigenvalue weighted by Crippen LogP contribution is -1.95. The fraction of sp³-hybridized carbons (Fsp3) is 0.273. The molecule has 0 bridgehead atoms. The smallest absolute Gasteiger partial charge is 0.335 e. The predicted octanol–water partition coefficient (Wildman–Crippen LogP) is 5.53. The van der Waals surface area contributed by atoms with Gasteiger partial charge in [0.05, 0.1) is 11.8 Å². The summed E-state index contributed by atoms with van der Waals surface area (Å²) in [5, 5.41) is 12.9. The lowest BCUT2D eigenvalue weighted by molar-refractivity contribution is 0.0697. The molecule has 0 aromatic heterocycles. The Morgan fingerprint density at radius 3 is 2.27 bits per heavy atom. The standard InChI is InChI=1S/C22H25NO3/c1-3-5-6-7-17-8-12-19(13-9-17)21(4-2)26-23-16-18-10-14-20(15-11-18)22(24)25/h4,8-16H,3,5-7H2,1-2H3,(H,24,25)/b21-4-,23-16+. The van der Waals surface area contributed by atoms with Gasteiger partial charge in [0, 0.05) is 5.56 Å². The van der Waals surface area contributed by atoms with E-state index >= 15 is 0 Å². The Labute approximate surface area is 154 Å². The van der Waals surface area contributed by atoms with Crippen LogP contribution in [0.3, 0.4) is 0 Å². The molecule has 2 rings (SSSR count). The van der Waals surface area contributed by atoms with E-state index in [1.807, 2.05) is 25.1 Å². The van der Waals surface area contributed by atoms with Crippen LogP contribution in [0.5, 0.6) is 0 Å². The van der Waals surface area contributed by atoms with Crippen LogP contribution in [0.1, 0.15) is 60.2 Å². The van der Waals surface area contributed by atoms with Crippen molar-refractivity contribution in [1.82, 2.24) is 0 Å². The highest BCUT2D eigenvalue weighted by atomic mass is 16.6. The normalized spacial score (nSPS) is 11.7. The predicted molar refractivity (Wildman–Crippen MR) is 105 cm³/mol. The first kappa shape index (κ1) is 19.4. The summed E-state index contributed by atoms with van der Waals surface area (Å²) in [7, 11) is 0. The molecule has 0 heterocycles. The van der Waals surface area contributed by atoms with Crippen molar-refractivity contribution in [3.63, 3.8) is 0 Å². The lowest BCUT2D eigenvalue weighted by atomic mass is 10.0. The number of hydrogen-bond acceptors (Lipinski definition) is 3. The summed E-state index contributed by atoms with van der Waals surface area (Å²) in [5.41, 5.74) is 3.33. The van der Waals surface area contributed by atoms with Crippen molar-refractivity contribution in [1.29, 1.82) is 0 Å². The molecule has 2 aromatic rings. The molecule has 4 heteroatoms. The monoisotopic (exact) mass is 351 g/mol. The van der Waals surface area contributed by atoms with Crippen molar-refractivity contribution in [2.45, 2.75) is 39.5 Å². The quantitative estimate of drug-likeness (QED) is 0.280. The molecular formula is C22H25NO3. The first-order valence-corrected chi connectivity index (χ1v) is 8.93. The van der Waals surface area contributed by atoms with Crippen molar-refractivity contribution in [2.75, 3.05) is 0 Å². The Morgan fingerprint density at radius 2 is 1.69 bits per heavy atom. The molecule has 0 amide bonds. The topological polar surface area (TPSA) is 58.9 Å². The van der Waals surface area contributed by atoms with Gasteiger partial charge in [0.15, 0.2) is 5.76 Å². The van der Waals surface area contributed by atoms with Crippen molar-refractivity contribution in [2.24, 2.45) is 5.16 Å². The maximum absolute atomic E-state index is 10.8. The molecular weight excluding hydrogens is 326 g/mol. The molecule has 136 valence electrons. The van der Waals surface area contributed by atoms with Gasteiger partial charge in [-0.25, -0.2) is 4.79 Å². The van der Waals surface area contributed by atoms with Crippen LogP contribution in [-0.4, -0.2) is 17.3 Å². The summed E-state index contributed by atoms with van der Waals surface area (Å²) in [6, 6.07) is 14.8. The van der Waals surface area contributed by atoms with Crippen LogP contribution in [0.4, 0.5) is 0 Å². The highest BCUT2D eigenvalue weighted by Gasteiger charge is 2.03. The minimum Gasteiger partial charge on any atom is -0.478 e. The van der Waals surface area contributed by atoms with Crippen LogP contribution in [0.25, 0.3) is 5.76 Å². The van der Waals surface area contributed by atoms with Gasteiger partial charge >= 0.3 is 5.97 Å². The SMILES string of the molecule is C/C=C(\O/N=C/c1ccc(C(=O)O)cc1)c1ccc(CCCCC)cc1. The fourth-order valence-corrected chi connectivity index (χ4v) is 2.54. The lowest BCUT2D eigenvalue weighted by Gasteiger charge is -2.06. The summed E-state index contributed by atoms with van der Waals surface area (Å²) in [6.45, 7) is 4.11. The molecule has 4 nitrogen and oxygen atoms in total. The average Bonchev–Trinajstić information content (AvgIpc) is 2.66. The Kier molecular flexibility index (Phi) is 7.62. The molecule has 0 atom stereocenters. The Morgan fingerprint density at radius 1 is 1.04 bits per heavy atom. The number of benzene rings is 2. The third-order valence-corrected chi connectivity index (χ3v) is 4.08. The zero-order valence-corrected chi connectivity index (χ0v) is 15.3. The van der Waals surface area contributed by atoms with Crippen molar-refractivity contribution in [3.05, 3.63) is 76.9 Å². The highest BCUT2D eigenvalue weighted by molar-refractivity contribution is 5.89. The molecule has 0 radical (unpaired) electrons.